The zero-order valence-corrected chi connectivity index (χ0v) is 21.0. The lowest BCUT2D eigenvalue weighted by Crippen LogP contribution is -2.51. The number of ether oxygens (including phenoxy) is 1. The molecule has 0 aliphatic carbocycles. The van der Waals surface area contributed by atoms with Gasteiger partial charge >= 0.3 is 0 Å². The van der Waals surface area contributed by atoms with Crippen molar-refractivity contribution in [2.75, 3.05) is 13.2 Å². The molecule has 0 saturated carbocycles. The van der Waals surface area contributed by atoms with Crippen molar-refractivity contribution in [1.29, 1.82) is 0 Å². The molecule has 2 amide bonds. The number of hydrogen-bond acceptors (Lipinski definition) is 3. The number of rotatable bonds is 12. The third kappa shape index (κ3) is 7.71. The Morgan fingerprint density at radius 3 is 2.20 bits per heavy atom. The van der Waals surface area contributed by atoms with Crippen LogP contribution in [0.3, 0.4) is 0 Å². The molecule has 0 aromatic heterocycles. The lowest BCUT2D eigenvalue weighted by atomic mass is 10.0. The van der Waals surface area contributed by atoms with Gasteiger partial charge in [-0.05, 0) is 48.6 Å². The van der Waals surface area contributed by atoms with E-state index in [1.807, 2.05) is 92.7 Å². The summed E-state index contributed by atoms with van der Waals surface area (Å²) in [6, 6.07) is 24.8. The highest BCUT2D eigenvalue weighted by Gasteiger charge is 2.30. The van der Waals surface area contributed by atoms with Crippen LogP contribution in [0.4, 0.5) is 0 Å². The first kappa shape index (κ1) is 26.0. The van der Waals surface area contributed by atoms with E-state index in [-0.39, 0.29) is 18.4 Å². The van der Waals surface area contributed by atoms with Gasteiger partial charge in [0.05, 0.1) is 0 Å². The number of amides is 2. The number of unbranched alkanes of at least 4 members (excludes halogenated alkanes) is 1. The maximum absolute atomic E-state index is 13.6. The molecule has 0 heterocycles. The third-order valence-electron chi connectivity index (χ3n) is 6.20. The van der Waals surface area contributed by atoms with Gasteiger partial charge in [-0.15, -0.1) is 0 Å². The highest BCUT2D eigenvalue weighted by atomic mass is 16.5. The second-order valence-electron chi connectivity index (χ2n) is 8.84. The molecule has 3 rings (SSSR count). The molecule has 0 saturated heterocycles. The van der Waals surface area contributed by atoms with E-state index < -0.39 is 6.04 Å². The molecule has 5 heteroatoms. The van der Waals surface area contributed by atoms with Crippen molar-refractivity contribution in [3.63, 3.8) is 0 Å². The van der Waals surface area contributed by atoms with E-state index in [0.29, 0.717) is 25.3 Å². The van der Waals surface area contributed by atoms with E-state index >= 15 is 0 Å². The van der Waals surface area contributed by atoms with Crippen LogP contribution in [-0.4, -0.2) is 35.9 Å². The summed E-state index contributed by atoms with van der Waals surface area (Å²) in [6.45, 7) is 6.87. The third-order valence-corrected chi connectivity index (χ3v) is 6.20. The molecule has 1 unspecified atom stereocenters. The molecule has 0 spiro atoms. The minimum atomic E-state index is -0.649. The predicted molar refractivity (Wildman–Crippen MR) is 140 cm³/mol. The maximum Gasteiger partial charge on any atom is 0.261 e. The first-order valence-corrected chi connectivity index (χ1v) is 12.3. The summed E-state index contributed by atoms with van der Waals surface area (Å²) in [4.78, 5) is 28.7. The summed E-state index contributed by atoms with van der Waals surface area (Å²) >= 11 is 0. The molecule has 0 bridgehead atoms. The van der Waals surface area contributed by atoms with Gasteiger partial charge in [0.1, 0.15) is 11.8 Å². The first-order chi connectivity index (χ1) is 17.0. The minimum absolute atomic E-state index is 0.134. The number of hydrogen-bond donors (Lipinski definition) is 1. The van der Waals surface area contributed by atoms with Crippen LogP contribution in [0.2, 0.25) is 0 Å². The van der Waals surface area contributed by atoms with Gasteiger partial charge in [-0.2, -0.15) is 0 Å². The Morgan fingerprint density at radius 1 is 0.886 bits per heavy atom. The summed E-state index contributed by atoms with van der Waals surface area (Å²) in [5, 5.41) is 3.04. The zero-order valence-electron chi connectivity index (χ0n) is 21.0. The fourth-order valence-electron chi connectivity index (χ4n) is 3.94. The predicted octanol–water partition coefficient (Wildman–Crippen LogP) is 5.24. The smallest absolute Gasteiger partial charge is 0.261 e. The summed E-state index contributed by atoms with van der Waals surface area (Å²) in [6.07, 6.45) is 2.31. The van der Waals surface area contributed by atoms with E-state index in [4.69, 9.17) is 4.74 Å². The SMILES string of the molecule is CCCCNC(=O)C(Cc1ccccc1)N(Cc1ccccc1)C(=O)COc1cccc(C)c1C. The standard InChI is InChI=1S/C30H36N2O3/c1-4-5-19-31-30(34)27(20-25-14-8-6-9-15-25)32(21-26-16-10-7-11-17-26)29(33)22-35-28-18-12-13-23(2)24(28)3/h6-18,27H,4-5,19-22H2,1-3H3,(H,31,34). The van der Waals surface area contributed by atoms with Crippen molar-refractivity contribution < 1.29 is 14.3 Å². The van der Waals surface area contributed by atoms with Crippen LogP contribution >= 0.6 is 0 Å². The lowest BCUT2D eigenvalue weighted by Gasteiger charge is -2.31. The maximum atomic E-state index is 13.6. The second-order valence-corrected chi connectivity index (χ2v) is 8.84. The molecule has 3 aromatic carbocycles. The number of nitrogens with zero attached hydrogens (tertiary/aromatic N) is 1. The van der Waals surface area contributed by atoms with E-state index in [1.54, 1.807) is 4.90 Å². The fraction of sp³-hybridized carbons (Fsp3) is 0.333. The Bertz CT molecular complexity index is 1080. The Labute approximate surface area is 209 Å². The molecule has 0 aliphatic heterocycles. The van der Waals surface area contributed by atoms with Crippen LogP contribution in [0.15, 0.2) is 78.9 Å². The van der Waals surface area contributed by atoms with Crippen molar-refractivity contribution in [3.8, 4) is 5.75 Å². The number of carbonyl (C=O) groups is 2. The zero-order chi connectivity index (χ0) is 25.0. The monoisotopic (exact) mass is 472 g/mol. The van der Waals surface area contributed by atoms with Crippen LogP contribution in [0.1, 0.15) is 42.0 Å². The Hall–Kier alpha value is -3.60. The number of aryl methyl sites for hydroxylation is 1. The second kappa shape index (κ2) is 13.3. The molecule has 35 heavy (non-hydrogen) atoms. The van der Waals surface area contributed by atoms with E-state index in [0.717, 1.165) is 35.1 Å². The highest BCUT2D eigenvalue weighted by Crippen LogP contribution is 2.21. The molecule has 5 nitrogen and oxygen atoms in total. The van der Waals surface area contributed by atoms with Crippen molar-refractivity contribution in [3.05, 3.63) is 101 Å². The number of carbonyl (C=O) groups excluding carboxylic acids is 2. The van der Waals surface area contributed by atoms with Crippen molar-refractivity contribution >= 4 is 11.8 Å². The van der Waals surface area contributed by atoms with Gasteiger partial charge in [0.2, 0.25) is 5.91 Å². The highest BCUT2D eigenvalue weighted by molar-refractivity contribution is 5.88. The van der Waals surface area contributed by atoms with Crippen molar-refractivity contribution in [2.45, 2.75) is 52.6 Å². The average molecular weight is 473 g/mol. The van der Waals surface area contributed by atoms with Gasteiger partial charge in [0.15, 0.2) is 6.61 Å². The molecule has 0 radical (unpaired) electrons. The summed E-state index contributed by atoms with van der Waals surface area (Å²) in [5.41, 5.74) is 4.08. The molecule has 1 N–H and O–H groups in total. The Balaban J connectivity index is 1.88. The molecular weight excluding hydrogens is 436 g/mol. The molecular formula is C30H36N2O3. The quantitative estimate of drug-likeness (QED) is 0.367. The van der Waals surface area contributed by atoms with Crippen LogP contribution in [0.5, 0.6) is 5.75 Å². The summed E-state index contributed by atoms with van der Waals surface area (Å²) in [7, 11) is 0. The van der Waals surface area contributed by atoms with Crippen molar-refractivity contribution in [2.24, 2.45) is 0 Å². The molecule has 0 aliphatic rings. The summed E-state index contributed by atoms with van der Waals surface area (Å²) in [5.74, 6) is 0.324. The Morgan fingerprint density at radius 2 is 1.54 bits per heavy atom. The number of nitrogens with one attached hydrogen (secondary N) is 1. The molecule has 184 valence electrons. The minimum Gasteiger partial charge on any atom is -0.483 e. The van der Waals surface area contributed by atoms with Gasteiger partial charge in [0.25, 0.3) is 5.91 Å². The topological polar surface area (TPSA) is 58.6 Å². The van der Waals surface area contributed by atoms with Gasteiger partial charge in [0, 0.05) is 19.5 Å². The molecule has 0 fully saturated rings. The van der Waals surface area contributed by atoms with E-state index in [9.17, 15) is 9.59 Å². The van der Waals surface area contributed by atoms with Crippen molar-refractivity contribution in [1.82, 2.24) is 10.2 Å². The van der Waals surface area contributed by atoms with E-state index in [1.165, 1.54) is 0 Å². The molecule has 3 aromatic rings. The fourth-order valence-corrected chi connectivity index (χ4v) is 3.94. The average Bonchev–Trinajstić information content (AvgIpc) is 2.88. The first-order valence-electron chi connectivity index (χ1n) is 12.3. The van der Waals surface area contributed by atoms with Crippen LogP contribution < -0.4 is 10.1 Å². The van der Waals surface area contributed by atoms with Gasteiger partial charge < -0.3 is 15.0 Å². The van der Waals surface area contributed by atoms with Crippen LogP contribution in [-0.2, 0) is 22.6 Å². The van der Waals surface area contributed by atoms with Crippen LogP contribution in [0.25, 0.3) is 0 Å². The van der Waals surface area contributed by atoms with Crippen LogP contribution in [0, 0.1) is 13.8 Å². The van der Waals surface area contributed by atoms with Gasteiger partial charge in [-0.3, -0.25) is 9.59 Å². The Kier molecular flexibility index (Phi) is 9.91. The van der Waals surface area contributed by atoms with Gasteiger partial charge in [-0.25, -0.2) is 0 Å². The van der Waals surface area contributed by atoms with E-state index in [2.05, 4.69) is 12.2 Å². The summed E-state index contributed by atoms with van der Waals surface area (Å²) < 4.78 is 5.95. The molecule has 1 atom stereocenters. The lowest BCUT2D eigenvalue weighted by molar-refractivity contribution is -0.142. The normalized spacial score (nSPS) is 11.5. The largest absolute Gasteiger partial charge is 0.483 e. The number of benzene rings is 3. The van der Waals surface area contributed by atoms with Gasteiger partial charge in [-0.1, -0.05) is 86.1 Å².